The maximum Gasteiger partial charge on any atom is 0.273 e. The van der Waals surface area contributed by atoms with Gasteiger partial charge in [-0.2, -0.15) is 4.37 Å². The molecule has 0 saturated heterocycles. The third-order valence-corrected chi connectivity index (χ3v) is 3.54. The van der Waals surface area contributed by atoms with Crippen LogP contribution in [0.4, 0.5) is 5.69 Å². The van der Waals surface area contributed by atoms with Crippen LogP contribution >= 0.6 is 11.5 Å². The summed E-state index contributed by atoms with van der Waals surface area (Å²) in [6, 6.07) is 0.0615. The highest BCUT2D eigenvalue weighted by Crippen LogP contribution is 2.21. The number of anilines is 1. The van der Waals surface area contributed by atoms with Crippen molar-refractivity contribution in [3.05, 3.63) is 10.6 Å². The first-order valence-electron chi connectivity index (χ1n) is 6.35. The van der Waals surface area contributed by atoms with Gasteiger partial charge in [0.15, 0.2) is 5.69 Å². The Hall–Kier alpha value is -1.63. The number of carbonyl (C=O) groups excluding carboxylic acids is 2. The summed E-state index contributed by atoms with van der Waals surface area (Å²) in [5.74, 6) is -0.614. The molecule has 0 bridgehead atoms. The van der Waals surface area contributed by atoms with Gasteiger partial charge in [0.05, 0.1) is 5.69 Å². The second kappa shape index (κ2) is 7.08. The molecule has 7 heteroatoms. The van der Waals surface area contributed by atoms with Crippen LogP contribution in [0.1, 0.15) is 53.8 Å². The molecule has 0 fully saturated rings. The van der Waals surface area contributed by atoms with E-state index < -0.39 is 0 Å². The van der Waals surface area contributed by atoms with Crippen LogP contribution < -0.4 is 16.4 Å². The fourth-order valence-electron chi connectivity index (χ4n) is 1.34. The van der Waals surface area contributed by atoms with Crippen LogP contribution in [0.3, 0.4) is 0 Å². The van der Waals surface area contributed by atoms with E-state index in [0.717, 1.165) is 24.4 Å². The molecule has 1 rings (SSSR count). The zero-order valence-electron chi connectivity index (χ0n) is 11.4. The molecular formula is C12H20N4O2S. The Morgan fingerprint density at radius 1 is 1.37 bits per heavy atom. The number of aromatic nitrogens is 1. The first kappa shape index (κ1) is 15.4. The summed E-state index contributed by atoms with van der Waals surface area (Å²) in [6.07, 6.45) is 1.66. The van der Waals surface area contributed by atoms with Crippen LogP contribution in [0.15, 0.2) is 0 Å². The molecule has 1 heterocycles. The van der Waals surface area contributed by atoms with Crippen molar-refractivity contribution in [2.45, 2.75) is 39.7 Å². The Morgan fingerprint density at radius 2 is 2.05 bits per heavy atom. The van der Waals surface area contributed by atoms with E-state index in [2.05, 4.69) is 15.0 Å². The van der Waals surface area contributed by atoms with Gasteiger partial charge in [0.1, 0.15) is 4.88 Å². The van der Waals surface area contributed by atoms with Gasteiger partial charge in [-0.05, 0) is 31.3 Å². The molecule has 106 valence electrons. The van der Waals surface area contributed by atoms with E-state index in [4.69, 9.17) is 5.73 Å². The lowest BCUT2D eigenvalue weighted by molar-refractivity contribution is 0.0942. The lowest BCUT2D eigenvalue weighted by Gasteiger charge is -2.10. The Labute approximate surface area is 116 Å². The van der Waals surface area contributed by atoms with Crippen molar-refractivity contribution in [2.75, 3.05) is 12.3 Å². The van der Waals surface area contributed by atoms with Gasteiger partial charge in [0.25, 0.3) is 11.8 Å². The van der Waals surface area contributed by atoms with E-state index in [1.807, 2.05) is 20.8 Å². The molecule has 1 aromatic heterocycles. The highest BCUT2D eigenvalue weighted by Gasteiger charge is 2.22. The highest BCUT2D eigenvalue weighted by molar-refractivity contribution is 7.09. The van der Waals surface area contributed by atoms with Gasteiger partial charge in [0.2, 0.25) is 0 Å². The molecule has 2 amide bonds. The van der Waals surface area contributed by atoms with Crippen molar-refractivity contribution in [3.8, 4) is 0 Å². The lowest BCUT2D eigenvalue weighted by atomic mass is 10.2. The van der Waals surface area contributed by atoms with Crippen LogP contribution in [0.5, 0.6) is 0 Å². The predicted octanol–water partition coefficient (Wildman–Crippen LogP) is 1.39. The fraction of sp³-hybridized carbons (Fsp3) is 0.583. The third kappa shape index (κ3) is 3.92. The molecule has 0 aliphatic rings. The smallest absolute Gasteiger partial charge is 0.273 e. The van der Waals surface area contributed by atoms with Gasteiger partial charge >= 0.3 is 0 Å². The molecule has 0 aliphatic carbocycles. The third-order valence-electron chi connectivity index (χ3n) is 2.67. The summed E-state index contributed by atoms with van der Waals surface area (Å²) in [5.41, 5.74) is 6.10. The van der Waals surface area contributed by atoms with E-state index in [0.29, 0.717) is 11.4 Å². The summed E-state index contributed by atoms with van der Waals surface area (Å²) < 4.78 is 3.97. The van der Waals surface area contributed by atoms with Crippen molar-refractivity contribution in [1.29, 1.82) is 0 Å². The van der Waals surface area contributed by atoms with E-state index in [1.54, 1.807) is 0 Å². The topological polar surface area (TPSA) is 97.1 Å². The van der Waals surface area contributed by atoms with E-state index in [-0.39, 0.29) is 29.2 Å². The number of hydrogen-bond donors (Lipinski definition) is 3. The highest BCUT2D eigenvalue weighted by atomic mass is 32.1. The molecular weight excluding hydrogens is 264 g/mol. The first-order valence-corrected chi connectivity index (χ1v) is 7.12. The minimum absolute atomic E-state index is 0.0615. The largest absolute Gasteiger partial charge is 0.395 e. The lowest BCUT2D eigenvalue weighted by Crippen LogP contribution is -2.32. The van der Waals surface area contributed by atoms with Gasteiger partial charge in [-0.1, -0.05) is 13.8 Å². The molecule has 0 spiro atoms. The SMILES string of the molecule is CCCNC(=O)c1nsc(C(=O)N[C@@H](C)CC)c1N. The zero-order valence-corrected chi connectivity index (χ0v) is 12.3. The normalized spacial score (nSPS) is 11.9. The van der Waals surface area contributed by atoms with Gasteiger partial charge in [0, 0.05) is 12.6 Å². The number of nitrogens with one attached hydrogen (secondary N) is 2. The van der Waals surface area contributed by atoms with Crippen LogP contribution in [-0.2, 0) is 0 Å². The van der Waals surface area contributed by atoms with Gasteiger partial charge in [-0.15, -0.1) is 0 Å². The molecule has 19 heavy (non-hydrogen) atoms. The van der Waals surface area contributed by atoms with Crippen LogP contribution in [0.2, 0.25) is 0 Å². The Morgan fingerprint density at radius 3 is 2.63 bits per heavy atom. The fourth-order valence-corrected chi connectivity index (χ4v) is 2.04. The summed E-state index contributed by atoms with van der Waals surface area (Å²) in [6.45, 7) is 6.40. The molecule has 0 aromatic carbocycles. The maximum absolute atomic E-state index is 11.9. The van der Waals surface area contributed by atoms with Crippen molar-refractivity contribution < 1.29 is 9.59 Å². The summed E-state index contributed by atoms with van der Waals surface area (Å²) in [5, 5.41) is 5.49. The summed E-state index contributed by atoms with van der Waals surface area (Å²) >= 11 is 0.951. The molecule has 1 atom stereocenters. The quantitative estimate of drug-likeness (QED) is 0.735. The molecule has 4 N–H and O–H groups in total. The van der Waals surface area contributed by atoms with Crippen molar-refractivity contribution >= 4 is 29.0 Å². The number of nitrogens with zero attached hydrogens (tertiary/aromatic N) is 1. The molecule has 0 saturated carbocycles. The predicted molar refractivity (Wildman–Crippen MR) is 76.4 cm³/mol. The number of carbonyl (C=O) groups is 2. The Balaban J connectivity index is 2.80. The number of hydrogen-bond acceptors (Lipinski definition) is 5. The van der Waals surface area contributed by atoms with E-state index >= 15 is 0 Å². The minimum atomic E-state index is -0.335. The molecule has 0 unspecified atom stereocenters. The summed E-state index contributed by atoms with van der Waals surface area (Å²) in [7, 11) is 0. The van der Waals surface area contributed by atoms with Gasteiger partial charge < -0.3 is 16.4 Å². The van der Waals surface area contributed by atoms with Gasteiger partial charge in [-0.25, -0.2) is 0 Å². The van der Waals surface area contributed by atoms with Crippen LogP contribution in [0.25, 0.3) is 0 Å². The first-order chi connectivity index (χ1) is 9.01. The Bertz CT molecular complexity index is 459. The molecule has 1 aromatic rings. The molecule has 6 nitrogen and oxygen atoms in total. The summed E-state index contributed by atoms with van der Waals surface area (Å²) in [4.78, 5) is 24.0. The standard InChI is InChI=1S/C12H20N4O2S/c1-4-6-14-11(17)9-8(13)10(19-16-9)12(18)15-7(3)5-2/h7H,4-6,13H2,1-3H3,(H,14,17)(H,15,18)/t7-/m0/s1. The molecule has 0 radical (unpaired) electrons. The van der Waals surface area contributed by atoms with Crippen LogP contribution in [0, 0.1) is 0 Å². The van der Waals surface area contributed by atoms with Crippen molar-refractivity contribution in [3.63, 3.8) is 0 Å². The Kier molecular flexibility index (Phi) is 5.75. The average molecular weight is 284 g/mol. The number of amides is 2. The van der Waals surface area contributed by atoms with E-state index in [1.165, 1.54) is 0 Å². The van der Waals surface area contributed by atoms with Crippen molar-refractivity contribution in [2.24, 2.45) is 0 Å². The maximum atomic E-state index is 11.9. The second-order valence-corrected chi connectivity index (χ2v) is 5.09. The van der Waals surface area contributed by atoms with Crippen LogP contribution in [-0.4, -0.2) is 28.8 Å². The van der Waals surface area contributed by atoms with E-state index in [9.17, 15) is 9.59 Å². The minimum Gasteiger partial charge on any atom is -0.395 e. The number of rotatable bonds is 6. The monoisotopic (exact) mass is 284 g/mol. The molecule has 0 aliphatic heterocycles. The second-order valence-electron chi connectivity index (χ2n) is 4.31. The number of nitrogen functional groups attached to an aromatic ring is 1. The average Bonchev–Trinajstić information content (AvgIpc) is 2.77. The number of nitrogens with two attached hydrogens (primary N) is 1. The van der Waals surface area contributed by atoms with Gasteiger partial charge in [-0.3, -0.25) is 9.59 Å². The zero-order chi connectivity index (χ0) is 14.4. The van der Waals surface area contributed by atoms with Crippen molar-refractivity contribution in [1.82, 2.24) is 15.0 Å².